The van der Waals surface area contributed by atoms with E-state index in [-0.39, 0.29) is 5.91 Å². The maximum absolute atomic E-state index is 12.3. The largest absolute Gasteiger partial charge is 0.490 e. The maximum Gasteiger partial charge on any atom is 0.490 e. The fourth-order valence-corrected chi connectivity index (χ4v) is 2.89. The molecule has 11 heteroatoms. The van der Waals surface area contributed by atoms with Gasteiger partial charge in [-0.2, -0.15) is 13.2 Å². The summed E-state index contributed by atoms with van der Waals surface area (Å²) in [6.45, 7) is 4.37. The second-order valence-electron chi connectivity index (χ2n) is 5.84. The number of thiazole rings is 1. The molecule has 0 saturated carbocycles. The number of aliphatic carboxylic acids is 1. The van der Waals surface area contributed by atoms with Crippen molar-refractivity contribution in [2.75, 3.05) is 5.73 Å². The van der Waals surface area contributed by atoms with Crippen LogP contribution in [0.25, 0.3) is 10.9 Å². The van der Waals surface area contributed by atoms with E-state index in [0.717, 1.165) is 22.2 Å². The molecular weight excluding hydrogens is 397 g/mol. The molecule has 1 aromatic carbocycles. The number of nitrogen functional groups attached to an aromatic ring is 1. The highest BCUT2D eigenvalue weighted by Crippen LogP contribution is 2.23. The van der Waals surface area contributed by atoms with Crippen molar-refractivity contribution in [3.05, 3.63) is 46.1 Å². The zero-order chi connectivity index (χ0) is 21.1. The molecule has 150 valence electrons. The number of H-pyrrole nitrogens is 1. The van der Waals surface area contributed by atoms with Crippen LogP contribution in [0.4, 0.5) is 18.3 Å². The van der Waals surface area contributed by atoms with Gasteiger partial charge in [0.1, 0.15) is 5.69 Å². The number of carbonyl (C=O) groups is 2. The number of carbonyl (C=O) groups excluding carboxylic acids is 1. The normalized spacial score (nSPS) is 11.0. The van der Waals surface area contributed by atoms with Crippen LogP contribution in [0.3, 0.4) is 0 Å². The first-order valence-corrected chi connectivity index (χ1v) is 8.74. The summed E-state index contributed by atoms with van der Waals surface area (Å²) < 4.78 is 31.7. The summed E-state index contributed by atoms with van der Waals surface area (Å²) in [7, 11) is 0. The van der Waals surface area contributed by atoms with Gasteiger partial charge < -0.3 is 21.1 Å². The average Bonchev–Trinajstić information content (AvgIpc) is 3.16. The number of aromatic amines is 1. The summed E-state index contributed by atoms with van der Waals surface area (Å²) >= 11 is 1.37. The highest BCUT2D eigenvalue weighted by molar-refractivity contribution is 7.13. The van der Waals surface area contributed by atoms with Crippen LogP contribution in [0.1, 0.15) is 27.3 Å². The Balaban J connectivity index is 0.000000345. The number of hydrogen-bond acceptors (Lipinski definition) is 5. The van der Waals surface area contributed by atoms with E-state index in [9.17, 15) is 18.0 Å². The molecule has 0 radical (unpaired) electrons. The van der Waals surface area contributed by atoms with Crippen LogP contribution in [0, 0.1) is 13.8 Å². The lowest BCUT2D eigenvalue weighted by molar-refractivity contribution is -0.192. The Kier molecular flexibility index (Phi) is 6.29. The van der Waals surface area contributed by atoms with Crippen LogP contribution in [0.2, 0.25) is 0 Å². The van der Waals surface area contributed by atoms with E-state index >= 15 is 0 Å². The van der Waals surface area contributed by atoms with Crippen molar-refractivity contribution < 1.29 is 27.9 Å². The number of benzene rings is 1. The zero-order valence-electron chi connectivity index (χ0n) is 14.8. The Hall–Kier alpha value is -3.08. The van der Waals surface area contributed by atoms with Gasteiger partial charge in [0.15, 0.2) is 5.13 Å². The topological polar surface area (TPSA) is 121 Å². The molecule has 0 fully saturated rings. The molecule has 1 amide bonds. The van der Waals surface area contributed by atoms with Crippen molar-refractivity contribution in [2.45, 2.75) is 26.6 Å². The van der Waals surface area contributed by atoms with Gasteiger partial charge in [-0.25, -0.2) is 9.78 Å². The lowest BCUT2D eigenvalue weighted by Crippen LogP contribution is -2.24. The van der Waals surface area contributed by atoms with Crippen LogP contribution in [-0.4, -0.2) is 33.1 Å². The van der Waals surface area contributed by atoms with Gasteiger partial charge in [-0.15, -0.1) is 11.3 Å². The van der Waals surface area contributed by atoms with Gasteiger partial charge in [0.25, 0.3) is 5.91 Å². The quantitative estimate of drug-likeness (QED) is 0.524. The summed E-state index contributed by atoms with van der Waals surface area (Å²) in [6.07, 6.45) is -5.08. The number of aryl methyl sites for hydroxylation is 2. The molecule has 0 aliphatic heterocycles. The molecular formula is C17H17F3N4O3S. The minimum Gasteiger partial charge on any atom is -0.475 e. The third kappa shape index (κ3) is 5.22. The molecule has 5 N–H and O–H groups in total. The van der Waals surface area contributed by atoms with E-state index in [2.05, 4.69) is 21.4 Å². The number of fused-ring (bicyclic) bond motifs is 1. The van der Waals surface area contributed by atoms with Crippen LogP contribution >= 0.6 is 11.3 Å². The van der Waals surface area contributed by atoms with Gasteiger partial charge in [-0.05, 0) is 31.5 Å². The lowest BCUT2D eigenvalue weighted by atomic mass is 10.1. The summed E-state index contributed by atoms with van der Waals surface area (Å²) in [6, 6.07) is 6.10. The lowest BCUT2D eigenvalue weighted by Gasteiger charge is -2.02. The fourth-order valence-electron chi connectivity index (χ4n) is 2.33. The third-order valence-electron chi connectivity index (χ3n) is 3.68. The fraction of sp³-hybridized carbons (Fsp3) is 0.235. The first kappa shape index (κ1) is 21.2. The standard InChI is InChI=1S/C15H16N4OS.C2HF3O2/c1-8-3-4-12-11(5-8)9(2)13(19-12)14(20)17-6-10-7-21-15(16)18-10;3-2(4,5)1(6)7/h3-5,7,19H,6H2,1-2H3,(H2,16,18)(H,17,20);(H,6,7). The summed E-state index contributed by atoms with van der Waals surface area (Å²) in [5, 5.41) is 13.4. The van der Waals surface area contributed by atoms with E-state index in [1.165, 1.54) is 16.9 Å². The molecule has 2 heterocycles. The van der Waals surface area contributed by atoms with Crippen LogP contribution in [0.5, 0.6) is 0 Å². The minimum atomic E-state index is -5.08. The van der Waals surface area contributed by atoms with Crippen molar-refractivity contribution in [1.82, 2.24) is 15.3 Å². The molecule has 0 atom stereocenters. The van der Waals surface area contributed by atoms with E-state index < -0.39 is 12.1 Å². The Morgan fingerprint density at radius 1 is 1.32 bits per heavy atom. The number of aromatic nitrogens is 2. The number of alkyl halides is 3. The molecule has 0 spiro atoms. The zero-order valence-corrected chi connectivity index (χ0v) is 15.7. The number of halogens is 3. The maximum atomic E-state index is 12.3. The predicted molar refractivity (Wildman–Crippen MR) is 99.2 cm³/mol. The smallest absolute Gasteiger partial charge is 0.475 e. The summed E-state index contributed by atoms with van der Waals surface area (Å²) in [4.78, 5) is 28.5. The number of carboxylic acids is 1. The number of carboxylic acid groups (broad SMARTS) is 1. The molecule has 0 unspecified atom stereocenters. The van der Waals surface area contributed by atoms with E-state index in [1.54, 1.807) is 0 Å². The van der Waals surface area contributed by atoms with Gasteiger partial charge in [0, 0.05) is 16.3 Å². The van der Waals surface area contributed by atoms with Crippen LogP contribution < -0.4 is 11.1 Å². The molecule has 0 aliphatic rings. The summed E-state index contributed by atoms with van der Waals surface area (Å²) in [5.74, 6) is -2.89. The number of rotatable bonds is 3. The van der Waals surface area contributed by atoms with E-state index in [1.807, 2.05) is 31.4 Å². The number of nitrogens with zero attached hydrogens (tertiary/aromatic N) is 1. The number of nitrogens with two attached hydrogens (primary N) is 1. The number of hydrogen-bond donors (Lipinski definition) is 4. The van der Waals surface area contributed by atoms with E-state index in [4.69, 9.17) is 15.6 Å². The van der Waals surface area contributed by atoms with Crippen molar-refractivity contribution in [2.24, 2.45) is 0 Å². The Labute approximate surface area is 161 Å². The molecule has 2 aromatic heterocycles. The van der Waals surface area contributed by atoms with Gasteiger partial charge in [0.2, 0.25) is 0 Å². The van der Waals surface area contributed by atoms with Gasteiger partial charge in [-0.3, -0.25) is 4.79 Å². The number of anilines is 1. The highest BCUT2D eigenvalue weighted by Gasteiger charge is 2.38. The molecule has 7 nitrogen and oxygen atoms in total. The van der Waals surface area contributed by atoms with Crippen molar-refractivity contribution in [1.29, 1.82) is 0 Å². The highest BCUT2D eigenvalue weighted by atomic mass is 32.1. The first-order valence-electron chi connectivity index (χ1n) is 7.86. The van der Waals surface area contributed by atoms with Crippen molar-refractivity contribution in [3.63, 3.8) is 0 Å². The summed E-state index contributed by atoms with van der Waals surface area (Å²) in [5.41, 5.74) is 10.1. The SMILES string of the molecule is Cc1ccc2[nH]c(C(=O)NCc3csc(N)n3)c(C)c2c1.O=C(O)C(F)(F)F. The second-order valence-corrected chi connectivity index (χ2v) is 6.73. The van der Waals surface area contributed by atoms with Crippen molar-refractivity contribution >= 4 is 39.2 Å². The van der Waals surface area contributed by atoms with Gasteiger partial charge in [0.05, 0.1) is 12.2 Å². The molecule has 0 aliphatic carbocycles. The first-order chi connectivity index (χ1) is 13.0. The minimum absolute atomic E-state index is 0.132. The Bertz CT molecular complexity index is 1010. The molecule has 3 aromatic rings. The van der Waals surface area contributed by atoms with Gasteiger partial charge >= 0.3 is 12.1 Å². The Morgan fingerprint density at radius 2 is 1.96 bits per heavy atom. The Morgan fingerprint density at radius 3 is 2.50 bits per heavy atom. The molecule has 0 bridgehead atoms. The van der Waals surface area contributed by atoms with Crippen molar-refractivity contribution in [3.8, 4) is 0 Å². The number of amides is 1. The van der Waals surface area contributed by atoms with E-state index in [0.29, 0.717) is 17.4 Å². The van der Waals surface area contributed by atoms with Gasteiger partial charge in [-0.1, -0.05) is 11.6 Å². The second kappa shape index (κ2) is 8.30. The monoisotopic (exact) mass is 414 g/mol. The number of nitrogens with one attached hydrogen (secondary N) is 2. The predicted octanol–water partition coefficient (Wildman–Crippen LogP) is 3.39. The molecule has 0 saturated heterocycles. The molecule has 28 heavy (non-hydrogen) atoms. The molecule has 3 rings (SSSR count). The third-order valence-corrected chi connectivity index (χ3v) is 4.41. The van der Waals surface area contributed by atoms with Crippen LogP contribution in [-0.2, 0) is 11.3 Å². The average molecular weight is 414 g/mol. The van der Waals surface area contributed by atoms with Crippen LogP contribution in [0.15, 0.2) is 23.6 Å².